The van der Waals surface area contributed by atoms with Crippen molar-refractivity contribution in [3.05, 3.63) is 34.8 Å². The molecule has 1 aliphatic carbocycles. The number of aromatic nitrogens is 2. The zero-order chi connectivity index (χ0) is 19.5. The van der Waals surface area contributed by atoms with Crippen molar-refractivity contribution < 1.29 is 9.59 Å². The third-order valence-corrected chi connectivity index (χ3v) is 6.78. The van der Waals surface area contributed by atoms with Crippen LogP contribution in [0.2, 0.25) is 0 Å². The first-order chi connectivity index (χ1) is 13.6. The fourth-order valence-corrected chi connectivity index (χ4v) is 4.97. The minimum atomic E-state index is -0.361. The summed E-state index contributed by atoms with van der Waals surface area (Å²) in [6.45, 7) is 2.51. The molecule has 1 aromatic heterocycles. The number of benzene rings is 1. The second kappa shape index (κ2) is 8.39. The highest BCUT2D eigenvalue weighted by Crippen LogP contribution is 2.35. The normalized spacial score (nSPS) is 20.5. The highest BCUT2D eigenvalue weighted by molar-refractivity contribution is 7.15. The van der Waals surface area contributed by atoms with Gasteiger partial charge in [-0.25, -0.2) is 0 Å². The van der Waals surface area contributed by atoms with E-state index < -0.39 is 0 Å². The summed E-state index contributed by atoms with van der Waals surface area (Å²) in [5.41, 5.74) is 2.09. The number of carbonyl (C=O) groups excluding carboxylic acids is 2. The maximum absolute atomic E-state index is 12.7. The second-order valence-electron chi connectivity index (χ2n) is 7.70. The summed E-state index contributed by atoms with van der Waals surface area (Å²) < 4.78 is 0. The highest BCUT2D eigenvalue weighted by atomic mass is 32.1. The minimum Gasteiger partial charge on any atom is -0.312 e. The Hall–Kier alpha value is -2.28. The zero-order valence-corrected chi connectivity index (χ0v) is 17.0. The van der Waals surface area contributed by atoms with Crippen molar-refractivity contribution in [2.24, 2.45) is 5.92 Å². The molecule has 1 saturated heterocycles. The largest absolute Gasteiger partial charge is 0.312 e. The molecular formula is C21H26N4O2S. The number of carbonyl (C=O) groups is 2. The molecule has 148 valence electrons. The van der Waals surface area contributed by atoms with Crippen LogP contribution in [0.1, 0.15) is 61.9 Å². The van der Waals surface area contributed by atoms with Crippen LogP contribution in [0, 0.1) is 5.92 Å². The van der Waals surface area contributed by atoms with Gasteiger partial charge in [-0.05, 0) is 37.0 Å². The Kier molecular flexibility index (Phi) is 5.71. The van der Waals surface area contributed by atoms with Gasteiger partial charge in [0.05, 0.1) is 5.92 Å². The Morgan fingerprint density at radius 2 is 1.93 bits per heavy atom. The van der Waals surface area contributed by atoms with Crippen LogP contribution in [-0.4, -0.2) is 28.6 Å². The third kappa shape index (κ3) is 4.09. The molecule has 2 amide bonds. The van der Waals surface area contributed by atoms with Crippen molar-refractivity contribution in [3.8, 4) is 0 Å². The summed E-state index contributed by atoms with van der Waals surface area (Å²) in [7, 11) is 0. The van der Waals surface area contributed by atoms with Crippen molar-refractivity contribution in [3.63, 3.8) is 0 Å². The first-order valence-electron chi connectivity index (χ1n) is 10.2. The molecule has 2 fully saturated rings. The number of anilines is 2. The molecule has 2 aromatic rings. The maximum Gasteiger partial charge on any atom is 0.231 e. The van der Waals surface area contributed by atoms with Crippen LogP contribution in [0.3, 0.4) is 0 Å². The van der Waals surface area contributed by atoms with Gasteiger partial charge in [-0.1, -0.05) is 49.7 Å². The van der Waals surface area contributed by atoms with Crippen molar-refractivity contribution >= 4 is 34.0 Å². The van der Waals surface area contributed by atoms with E-state index in [-0.39, 0.29) is 24.2 Å². The fourth-order valence-electron chi connectivity index (χ4n) is 4.05. The summed E-state index contributed by atoms with van der Waals surface area (Å²) in [5, 5.41) is 12.9. The van der Waals surface area contributed by atoms with Gasteiger partial charge in [-0.15, -0.1) is 10.2 Å². The molecule has 7 heteroatoms. The summed E-state index contributed by atoms with van der Waals surface area (Å²) in [6.07, 6.45) is 7.29. The molecule has 1 N–H and O–H groups in total. The lowest BCUT2D eigenvalue weighted by Crippen LogP contribution is -2.28. The SMILES string of the molecule is CCc1ccc(N2C[C@@H](C(=O)Nc3nnc(C4CCCCC4)s3)CC2=O)cc1. The van der Waals surface area contributed by atoms with E-state index in [1.807, 2.05) is 24.3 Å². The van der Waals surface area contributed by atoms with E-state index in [0.29, 0.717) is 17.6 Å². The molecule has 0 radical (unpaired) electrons. The van der Waals surface area contributed by atoms with Gasteiger partial charge in [-0.3, -0.25) is 9.59 Å². The summed E-state index contributed by atoms with van der Waals surface area (Å²) in [6, 6.07) is 7.98. The van der Waals surface area contributed by atoms with Crippen LogP contribution in [-0.2, 0) is 16.0 Å². The lowest BCUT2D eigenvalue weighted by molar-refractivity contribution is -0.122. The van der Waals surface area contributed by atoms with E-state index in [1.165, 1.54) is 36.2 Å². The molecule has 0 spiro atoms. The number of nitrogens with one attached hydrogen (secondary N) is 1. The standard InChI is InChI=1S/C21H26N4O2S/c1-2-14-8-10-17(11-9-14)25-13-16(12-18(25)26)19(27)22-21-24-23-20(28-21)15-6-4-3-5-7-15/h8-11,15-16H,2-7,12-13H2,1H3,(H,22,24,27)/t16-/m0/s1. The number of rotatable bonds is 5. The highest BCUT2D eigenvalue weighted by Gasteiger charge is 2.35. The summed E-state index contributed by atoms with van der Waals surface area (Å²) in [5.74, 6) is -0.0381. The van der Waals surface area contributed by atoms with Crippen LogP contribution in [0.15, 0.2) is 24.3 Å². The number of hydrogen-bond donors (Lipinski definition) is 1. The predicted molar refractivity (Wildman–Crippen MR) is 111 cm³/mol. The molecule has 1 atom stereocenters. The number of amides is 2. The average Bonchev–Trinajstić information content (AvgIpc) is 3.35. The third-order valence-electron chi connectivity index (χ3n) is 5.78. The van der Waals surface area contributed by atoms with E-state index >= 15 is 0 Å². The maximum atomic E-state index is 12.7. The lowest BCUT2D eigenvalue weighted by atomic mass is 9.90. The smallest absolute Gasteiger partial charge is 0.231 e. The Morgan fingerprint density at radius 1 is 1.18 bits per heavy atom. The van der Waals surface area contributed by atoms with Gasteiger partial charge in [-0.2, -0.15) is 0 Å². The Balaban J connectivity index is 1.37. The zero-order valence-electron chi connectivity index (χ0n) is 16.2. The molecule has 1 aliphatic heterocycles. The Labute approximate surface area is 169 Å². The van der Waals surface area contributed by atoms with Crippen LogP contribution >= 0.6 is 11.3 Å². The molecule has 2 aliphatic rings. The van der Waals surface area contributed by atoms with Gasteiger partial charge in [0, 0.05) is 24.6 Å². The topological polar surface area (TPSA) is 75.2 Å². The van der Waals surface area contributed by atoms with Gasteiger partial charge < -0.3 is 10.2 Å². The summed E-state index contributed by atoms with van der Waals surface area (Å²) >= 11 is 1.48. The van der Waals surface area contributed by atoms with Crippen LogP contribution < -0.4 is 10.2 Å². The Bertz CT molecular complexity index is 842. The van der Waals surface area contributed by atoms with Gasteiger partial charge in [0.25, 0.3) is 0 Å². The molecule has 0 bridgehead atoms. The van der Waals surface area contributed by atoms with Crippen LogP contribution in [0.25, 0.3) is 0 Å². The van der Waals surface area contributed by atoms with Crippen molar-refractivity contribution in [2.45, 2.75) is 57.8 Å². The Morgan fingerprint density at radius 3 is 2.64 bits per heavy atom. The van der Waals surface area contributed by atoms with E-state index in [1.54, 1.807) is 4.90 Å². The minimum absolute atomic E-state index is 0.00967. The van der Waals surface area contributed by atoms with Crippen molar-refractivity contribution in [2.75, 3.05) is 16.8 Å². The first-order valence-corrected chi connectivity index (χ1v) is 11.0. The number of nitrogens with zero attached hydrogens (tertiary/aromatic N) is 3. The van der Waals surface area contributed by atoms with E-state index in [2.05, 4.69) is 22.4 Å². The molecular weight excluding hydrogens is 372 g/mol. The molecule has 2 heterocycles. The van der Waals surface area contributed by atoms with E-state index in [0.717, 1.165) is 30.0 Å². The first kappa shape index (κ1) is 19.1. The van der Waals surface area contributed by atoms with Crippen LogP contribution in [0.5, 0.6) is 0 Å². The average molecular weight is 399 g/mol. The summed E-state index contributed by atoms with van der Waals surface area (Å²) in [4.78, 5) is 26.8. The molecule has 0 unspecified atom stereocenters. The number of hydrogen-bond acceptors (Lipinski definition) is 5. The lowest BCUT2D eigenvalue weighted by Gasteiger charge is -2.18. The van der Waals surface area contributed by atoms with Crippen LogP contribution in [0.4, 0.5) is 10.8 Å². The fraction of sp³-hybridized carbons (Fsp3) is 0.524. The molecule has 4 rings (SSSR count). The van der Waals surface area contributed by atoms with Gasteiger partial charge >= 0.3 is 0 Å². The molecule has 1 saturated carbocycles. The monoisotopic (exact) mass is 398 g/mol. The predicted octanol–water partition coefficient (Wildman–Crippen LogP) is 4.14. The molecule has 28 heavy (non-hydrogen) atoms. The van der Waals surface area contributed by atoms with Gasteiger partial charge in [0.2, 0.25) is 16.9 Å². The van der Waals surface area contributed by atoms with Gasteiger partial charge in [0.1, 0.15) is 5.01 Å². The molecule has 6 nitrogen and oxygen atoms in total. The van der Waals surface area contributed by atoms with E-state index in [4.69, 9.17) is 0 Å². The second-order valence-corrected chi connectivity index (χ2v) is 8.70. The van der Waals surface area contributed by atoms with Gasteiger partial charge in [0.15, 0.2) is 0 Å². The quantitative estimate of drug-likeness (QED) is 0.821. The van der Waals surface area contributed by atoms with Crippen molar-refractivity contribution in [1.82, 2.24) is 10.2 Å². The number of aryl methyl sites for hydroxylation is 1. The van der Waals surface area contributed by atoms with E-state index in [9.17, 15) is 9.59 Å². The molecule has 1 aromatic carbocycles. The van der Waals surface area contributed by atoms with Crippen molar-refractivity contribution in [1.29, 1.82) is 0 Å².